The number of ether oxygens (including phenoxy) is 1. The molecule has 0 spiro atoms. The van der Waals surface area contributed by atoms with Crippen LogP contribution in [0.4, 0.5) is 0 Å². The number of aliphatic hydroxyl groups excluding tert-OH is 1. The van der Waals surface area contributed by atoms with Crippen LogP contribution >= 0.6 is 0 Å². The first kappa shape index (κ1) is 12.6. The summed E-state index contributed by atoms with van der Waals surface area (Å²) < 4.78 is 8.67. The Labute approximate surface area is 106 Å². The van der Waals surface area contributed by atoms with Crippen molar-refractivity contribution >= 4 is 0 Å². The van der Waals surface area contributed by atoms with Crippen LogP contribution in [-0.2, 0) is 13.6 Å². The average molecular weight is 250 g/mol. The lowest BCUT2D eigenvalue weighted by molar-refractivity contribution is 0.202. The summed E-state index contributed by atoms with van der Waals surface area (Å²) in [6.07, 6.45) is 2.65. The molecule has 1 atom stereocenters. The lowest BCUT2D eigenvalue weighted by Crippen LogP contribution is -2.10. The van der Waals surface area contributed by atoms with E-state index in [0.717, 1.165) is 11.3 Å². The summed E-state index contributed by atoms with van der Waals surface area (Å²) in [5, 5.41) is 18.9. The highest BCUT2D eigenvalue weighted by Gasteiger charge is 2.23. The van der Waals surface area contributed by atoms with Gasteiger partial charge in [0.2, 0.25) is 0 Å². The Morgan fingerprint density at radius 3 is 2.72 bits per heavy atom. The maximum atomic E-state index is 10.5. The van der Waals surface area contributed by atoms with Crippen molar-refractivity contribution in [3.8, 4) is 5.75 Å². The van der Waals surface area contributed by atoms with Gasteiger partial charge >= 0.3 is 0 Å². The lowest BCUT2D eigenvalue weighted by Gasteiger charge is -2.13. The molecule has 0 bridgehead atoms. The van der Waals surface area contributed by atoms with Crippen LogP contribution in [0.15, 0.2) is 12.4 Å². The van der Waals surface area contributed by atoms with Crippen molar-refractivity contribution in [1.29, 1.82) is 0 Å². The first-order valence-electron chi connectivity index (χ1n) is 5.86. The molecule has 6 nitrogen and oxygen atoms in total. The molecule has 0 aliphatic carbocycles. The third-order valence-electron chi connectivity index (χ3n) is 2.97. The summed E-state index contributed by atoms with van der Waals surface area (Å²) in [6.45, 7) is 4.52. The Morgan fingerprint density at radius 1 is 1.50 bits per heavy atom. The molecule has 0 saturated heterocycles. The predicted octanol–water partition coefficient (Wildman–Crippen LogP) is 1.04. The largest absolute Gasteiger partial charge is 0.493 e. The molecule has 2 heterocycles. The van der Waals surface area contributed by atoms with Crippen LogP contribution in [0.1, 0.15) is 30.0 Å². The fourth-order valence-electron chi connectivity index (χ4n) is 2.10. The Hall–Kier alpha value is -1.82. The van der Waals surface area contributed by atoms with Gasteiger partial charge < -0.3 is 9.84 Å². The van der Waals surface area contributed by atoms with Gasteiger partial charge in [0, 0.05) is 25.4 Å². The molecule has 18 heavy (non-hydrogen) atoms. The number of rotatable bonds is 4. The van der Waals surface area contributed by atoms with Crippen LogP contribution in [0, 0.1) is 6.92 Å². The molecule has 98 valence electrons. The predicted molar refractivity (Wildman–Crippen MR) is 66.5 cm³/mol. The fraction of sp³-hybridized carbons (Fsp3) is 0.500. The minimum absolute atomic E-state index is 0.590. The molecule has 2 aromatic rings. The van der Waals surface area contributed by atoms with Gasteiger partial charge in [-0.15, -0.1) is 0 Å². The molecule has 0 amide bonds. The first-order valence-corrected chi connectivity index (χ1v) is 5.86. The molecule has 1 N–H and O–H groups in total. The van der Waals surface area contributed by atoms with Crippen molar-refractivity contribution in [2.24, 2.45) is 7.05 Å². The van der Waals surface area contributed by atoms with E-state index < -0.39 is 6.10 Å². The maximum absolute atomic E-state index is 10.5. The molecule has 6 heteroatoms. The molecule has 2 aromatic heterocycles. The minimum Gasteiger partial charge on any atom is -0.493 e. The number of methoxy groups -OCH3 is 1. The van der Waals surface area contributed by atoms with E-state index in [1.54, 1.807) is 22.7 Å². The zero-order valence-corrected chi connectivity index (χ0v) is 11.1. The highest BCUT2D eigenvalue weighted by atomic mass is 16.5. The molecule has 1 unspecified atom stereocenters. The highest BCUT2D eigenvalue weighted by Crippen LogP contribution is 2.30. The summed E-state index contributed by atoms with van der Waals surface area (Å²) in [6, 6.07) is 0. The van der Waals surface area contributed by atoms with Crippen LogP contribution in [0.2, 0.25) is 0 Å². The topological polar surface area (TPSA) is 65.1 Å². The number of aryl methyl sites for hydroxylation is 3. The molecular formula is C12H18N4O2. The van der Waals surface area contributed by atoms with E-state index in [1.165, 1.54) is 0 Å². The third kappa shape index (κ3) is 1.99. The van der Waals surface area contributed by atoms with Gasteiger partial charge in [-0.25, -0.2) is 0 Å². The second-order valence-corrected chi connectivity index (χ2v) is 4.16. The van der Waals surface area contributed by atoms with Crippen molar-refractivity contribution < 1.29 is 9.84 Å². The maximum Gasteiger partial charge on any atom is 0.163 e. The number of hydrogen-bond donors (Lipinski definition) is 1. The van der Waals surface area contributed by atoms with Crippen LogP contribution in [0.3, 0.4) is 0 Å². The zero-order valence-electron chi connectivity index (χ0n) is 11.1. The van der Waals surface area contributed by atoms with Gasteiger partial charge in [-0.2, -0.15) is 10.2 Å². The monoisotopic (exact) mass is 250 g/mol. The van der Waals surface area contributed by atoms with Crippen LogP contribution in [0.25, 0.3) is 0 Å². The Bertz CT molecular complexity index is 523. The van der Waals surface area contributed by atoms with Crippen molar-refractivity contribution in [3.05, 3.63) is 29.3 Å². The van der Waals surface area contributed by atoms with Gasteiger partial charge in [0.25, 0.3) is 0 Å². The van der Waals surface area contributed by atoms with E-state index in [9.17, 15) is 5.11 Å². The van der Waals surface area contributed by atoms with Gasteiger partial charge in [0.05, 0.1) is 19.0 Å². The SMILES string of the molecule is CCn1ncc(OC)c1C(O)c1cn(C)nc1C. The van der Waals surface area contributed by atoms with Gasteiger partial charge in [-0.05, 0) is 13.8 Å². The van der Waals surface area contributed by atoms with Gasteiger partial charge in [0.1, 0.15) is 11.8 Å². The molecule has 0 radical (unpaired) electrons. The van der Waals surface area contributed by atoms with E-state index in [0.29, 0.717) is 18.0 Å². The summed E-state index contributed by atoms with van der Waals surface area (Å²) >= 11 is 0. The quantitative estimate of drug-likeness (QED) is 0.880. The molecule has 0 saturated carbocycles. The second-order valence-electron chi connectivity index (χ2n) is 4.16. The Kier molecular flexibility index (Phi) is 3.38. The van der Waals surface area contributed by atoms with Crippen LogP contribution in [0.5, 0.6) is 5.75 Å². The van der Waals surface area contributed by atoms with Crippen LogP contribution in [-0.4, -0.2) is 31.8 Å². The molecule has 0 aliphatic heterocycles. The second kappa shape index (κ2) is 4.81. The van der Waals surface area contributed by atoms with Crippen molar-refractivity contribution in [2.75, 3.05) is 7.11 Å². The number of hydrogen-bond acceptors (Lipinski definition) is 4. The Balaban J connectivity index is 2.47. The number of aromatic nitrogens is 4. The smallest absolute Gasteiger partial charge is 0.163 e. The van der Waals surface area contributed by atoms with Crippen molar-refractivity contribution in [1.82, 2.24) is 19.6 Å². The van der Waals surface area contributed by atoms with Gasteiger partial charge in [0.15, 0.2) is 5.75 Å². The first-order chi connectivity index (χ1) is 8.58. The normalized spacial score (nSPS) is 12.7. The van der Waals surface area contributed by atoms with Crippen molar-refractivity contribution in [3.63, 3.8) is 0 Å². The van der Waals surface area contributed by atoms with E-state index >= 15 is 0 Å². The van der Waals surface area contributed by atoms with E-state index in [-0.39, 0.29) is 0 Å². The number of nitrogens with zero attached hydrogens (tertiary/aromatic N) is 4. The van der Waals surface area contributed by atoms with E-state index in [2.05, 4.69) is 10.2 Å². The molecule has 2 rings (SSSR count). The highest BCUT2D eigenvalue weighted by molar-refractivity contribution is 5.35. The summed E-state index contributed by atoms with van der Waals surface area (Å²) in [5.74, 6) is 0.590. The summed E-state index contributed by atoms with van der Waals surface area (Å²) in [4.78, 5) is 0. The summed E-state index contributed by atoms with van der Waals surface area (Å²) in [5.41, 5.74) is 2.23. The zero-order chi connectivity index (χ0) is 13.3. The third-order valence-corrected chi connectivity index (χ3v) is 2.97. The standard InChI is InChI=1S/C12H18N4O2/c1-5-16-11(10(18-4)6-13-16)12(17)9-7-15(3)14-8(9)2/h6-7,12,17H,5H2,1-4H3. The van der Waals surface area contributed by atoms with E-state index in [1.807, 2.05) is 27.1 Å². The van der Waals surface area contributed by atoms with E-state index in [4.69, 9.17) is 4.74 Å². The minimum atomic E-state index is -0.781. The molecule has 0 fully saturated rings. The van der Waals surface area contributed by atoms with Gasteiger partial charge in [-0.1, -0.05) is 0 Å². The molecule has 0 aromatic carbocycles. The molecule has 0 aliphatic rings. The Morgan fingerprint density at radius 2 is 2.22 bits per heavy atom. The van der Waals surface area contributed by atoms with Crippen LogP contribution < -0.4 is 4.74 Å². The number of aliphatic hydroxyl groups is 1. The lowest BCUT2D eigenvalue weighted by atomic mass is 10.1. The fourth-order valence-corrected chi connectivity index (χ4v) is 2.10. The average Bonchev–Trinajstić information content (AvgIpc) is 2.90. The molecular weight excluding hydrogens is 232 g/mol. The van der Waals surface area contributed by atoms with Crippen molar-refractivity contribution in [2.45, 2.75) is 26.5 Å². The summed E-state index contributed by atoms with van der Waals surface area (Å²) in [7, 11) is 3.40. The van der Waals surface area contributed by atoms with Gasteiger partial charge in [-0.3, -0.25) is 9.36 Å².